The number of aliphatic hydroxyl groups is 1. The Morgan fingerprint density at radius 3 is 2.45 bits per heavy atom. The molecule has 13 atom stereocenters. The van der Waals surface area contributed by atoms with E-state index in [0.717, 1.165) is 12.0 Å². The van der Waals surface area contributed by atoms with E-state index in [0.29, 0.717) is 36.2 Å². The van der Waals surface area contributed by atoms with Gasteiger partial charge < -0.3 is 28.8 Å². The number of carbonyl (C=O) groups excluding carboxylic acids is 1. The fourth-order valence-corrected chi connectivity index (χ4v) is 7.92. The number of allylic oxidation sites excluding steroid dienone is 4. The van der Waals surface area contributed by atoms with Gasteiger partial charge in [-0.05, 0) is 62.0 Å². The second-order valence-electron chi connectivity index (χ2n) is 13.9. The second kappa shape index (κ2) is 12.0. The molecule has 1 spiro atoms. The van der Waals surface area contributed by atoms with Crippen LogP contribution in [0.15, 0.2) is 47.1 Å². The summed E-state index contributed by atoms with van der Waals surface area (Å²) < 4.78 is 31.9. The highest BCUT2D eigenvalue weighted by molar-refractivity contribution is 5.78. The van der Waals surface area contributed by atoms with Crippen LogP contribution >= 0.6 is 0 Å². The fraction of sp³-hybridized carbons (Fsp3) is 0.743. The Kier molecular flexibility index (Phi) is 9.01. The van der Waals surface area contributed by atoms with Crippen molar-refractivity contribution in [3.05, 3.63) is 47.1 Å². The molecule has 5 aliphatic rings. The van der Waals surface area contributed by atoms with Gasteiger partial charge in [-0.2, -0.15) is 0 Å². The third kappa shape index (κ3) is 5.38. The lowest BCUT2D eigenvalue weighted by Crippen LogP contribution is -2.61. The maximum atomic E-state index is 14.1. The van der Waals surface area contributed by atoms with Gasteiger partial charge in [0.05, 0.1) is 18.8 Å². The Morgan fingerprint density at radius 2 is 1.74 bits per heavy atom. The van der Waals surface area contributed by atoms with E-state index in [-0.39, 0.29) is 30.7 Å². The first-order valence-corrected chi connectivity index (χ1v) is 16.0. The molecule has 4 heterocycles. The Labute approximate surface area is 252 Å². The third-order valence-electron chi connectivity index (χ3n) is 11.5. The molecule has 4 aliphatic heterocycles. The van der Waals surface area contributed by atoms with Crippen molar-refractivity contribution in [3.8, 4) is 0 Å². The van der Waals surface area contributed by atoms with Crippen LogP contribution in [-0.4, -0.2) is 66.7 Å². The van der Waals surface area contributed by atoms with Gasteiger partial charge in [0, 0.05) is 25.9 Å². The van der Waals surface area contributed by atoms with Crippen molar-refractivity contribution in [2.45, 2.75) is 117 Å². The summed E-state index contributed by atoms with van der Waals surface area (Å²) in [5.41, 5.74) is 1.25. The summed E-state index contributed by atoms with van der Waals surface area (Å²) in [7, 11) is 1.61. The molecule has 7 heteroatoms. The minimum atomic E-state index is -1.57. The van der Waals surface area contributed by atoms with Crippen LogP contribution in [0.4, 0.5) is 0 Å². The van der Waals surface area contributed by atoms with E-state index in [1.54, 1.807) is 7.11 Å². The summed E-state index contributed by atoms with van der Waals surface area (Å²) >= 11 is 0. The van der Waals surface area contributed by atoms with Crippen LogP contribution in [0.1, 0.15) is 74.7 Å². The molecule has 0 aromatic heterocycles. The van der Waals surface area contributed by atoms with E-state index in [1.807, 2.05) is 25.2 Å². The van der Waals surface area contributed by atoms with Gasteiger partial charge in [-0.1, -0.05) is 70.6 Å². The maximum absolute atomic E-state index is 14.1. The van der Waals surface area contributed by atoms with Crippen molar-refractivity contribution in [1.29, 1.82) is 0 Å². The predicted octanol–water partition coefficient (Wildman–Crippen LogP) is 5.93. The van der Waals surface area contributed by atoms with Gasteiger partial charge in [0.25, 0.3) is 0 Å². The molecular weight excluding hydrogens is 532 g/mol. The molecule has 3 unspecified atom stereocenters. The maximum Gasteiger partial charge on any atom is 0.316 e. The number of esters is 1. The van der Waals surface area contributed by atoms with Crippen LogP contribution in [-0.2, 0) is 28.5 Å². The quantitative estimate of drug-likeness (QED) is 0.302. The number of ether oxygens (including phenoxy) is 5. The van der Waals surface area contributed by atoms with E-state index in [2.05, 4.69) is 60.6 Å². The van der Waals surface area contributed by atoms with E-state index in [4.69, 9.17) is 23.7 Å². The molecule has 1 N–H and O–H groups in total. The molecular formula is C35H52O7. The van der Waals surface area contributed by atoms with Gasteiger partial charge in [0.15, 0.2) is 5.79 Å². The van der Waals surface area contributed by atoms with Crippen LogP contribution in [0, 0.1) is 35.5 Å². The third-order valence-corrected chi connectivity index (χ3v) is 11.5. The Bertz CT molecular complexity index is 1150. The molecule has 0 aromatic carbocycles. The number of carbonyl (C=O) groups is 1. The fourth-order valence-electron chi connectivity index (χ4n) is 7.92. The average Bonchev–Trinajstić information content (AvgIpc) is 3.28. The lowest BCUT2D eigenvalue weighted by molar-refractivity contribution is -0.363. The summed E-state index contributed by atoms with van der Waals surface area (Å²) in [5, 5.41) is 12.3. The number of methoxy groups -OCH3 is 1. The highest BCUT2D eigenvalue weighted by atomic mass is 16.7. The van der Waals surface area contributed by atoms with Gasteiger partial charge >= 0.3 is 5.97 Å². The topological polar surface area (TPSA) is 83.5 Å². The van der Waals surface area contributed by atoms with Crippen LogP contribution in [0.3, 0.4) is 0 Å². The van der Waals surface area contributed by atoms with Gasteiger partial charge in [-0.15, -0.1) is 0 Å². The van der Waals surface area contributed by atoms with Crippen molar-refractivity contribution in [2.75, 3.05) is 13.7 Å². The predicted molar refractivity (Wildman–Crippen MR) is 161 cm³/mol. The first-order valence-electron chi connectivity index (χ1n) is 16.0. The molecule has 3 saturated heterocycles. The average molecular weight is 585 g/mol. The van der Waals surface area contributed by atoms with Gasteiger partial charge in [-0.3, -0.25) is 4.79 Å². The van der Waals surface area contributed by atoms with Crippen molar-refractivity contribution in [1.82, 2.24) is 0 Å². The van der Waals surface area contributed by atoms with Crippen LogP contribution in [0.2, 0.25) is 0 Å². The largest absolute Gasteiger partial charge is 0.462 e. The second-order valence-corrected chi connectivity index (χ2v) is 13.9. The van der Waals surface area contributed by atoms with Crippen molar-refractivity contribution in [3.63, 3.8) is 0 Å². The zero-order valence-electron chi connectivity index (χ0n) is 27.0. The molecule has 2 bridgehead atoms. The number of rotatable bonds is 1. The molecule has 234 valence electrons. The summed E-state index contributed by atoms with van der Waals surface area (Å²) in [6.07, 6.45) is 10.2. The van der Waals surface area contributed by atoms with Crippen LogP contribution < -0.4 is 0 Å². The van der Waals surface area contributed by atoms with E-state index in [9.17, 15) is 9.90 Å². The molecule has 5 rings (SSSR count). The van der Waals surface area contributed by atoms with Gasteiger partial charge in [0.2, 0.25) is 0 Å². The lowest BCUT2D eigenvalue weighted by Gasteiger charge is -2.55. The minimum Gasteiger partial charge on any atom is -0.462 e. The first kappa shape index (κ1) is 31.6. The number of hydrogen-bond acceptors (Lipinski definition) is 7. The minimum absolute atomic E-state index is 0.0220. The summed E-state index contributed by atoms with van der Waals surface area (Å²) in [6.45, 7) is 17.6. The zero-order chi connectivity index (χ0) is 30.6. The SMILES string of the molecule is CO[C@@H]1C(C)=C[C@H]2C(=O)O[C@H]3C[C@@H](C/C=C(\C)C(C)[C@@H](C)/C=C/C=C4\CO[C@H]1[C@@]42O)O[C@@]1(C3)O[C@H](C)[C@@H](C)C(C)C1C. The summed E-state index contributed by atoms with van der Waals surface area (Å²) in [6, 6.07) is 0. The van der Waals surface area contributed by atoms with Gasteiger partial charge in [-0.25, -0.2) is 0 Å². The summed E-state index contributed by atoms with van der Waals surface area (Å²) in [5.74, 6) is -0.708. The highest BCUT2D eigenvalue weighted by Crippen LogP contribution is 2.50. The van der Waals surface area contributed by atoms with E-state index in [1.165, 1.54) is 5.57 Å². The van der Waals surface area contributed by atoms with Crippen LogP contribution in [0.25, 0.3) is 0 Å². The van der Waals surface area contributed by atoms with Gasteiger partial charge in [0.1, 0.15) is 29.8 Å². The Hall–Kier alpha value is -1.77. The molecule has 7 nitrogen and oxygen atoms in total. The van der Waals surface area contributed by atoms with E-state index >= 15 is 0 Å². The molecule has 0 aromatic rings. The monoisotopic (exact) mass is 584 g/mol. The van der Waals surface area contributed by atoms with Crippen LogP contribution in [0.5, 0.6) is 0 Å². The smallest absolute Gasteiger partial charge is 0.316 e. The molecule has 0 saturated carbocycles. The van der Waals surface area contributed by atoms with Crippen molar-refractivity contribution >= 4 is 5.97 Å². The first-order chi connectivity index (χ1) is 19.8. The molecule has 0 radical (unpaired) electrons. The van der Waals surface area contributed by atoms with E-state index < -0.39 is 41.6 Å². The number of fused-ring (bicyclic) bond motifs is 2. The Morgan fingerprint density at radius 1 is 1.00 bits per heavy atom. The highest BCUT2D eigenvalue weighted by Gasteiger charge is 2.61. The van der Waals surface area contributed by atoms with Crippen molar-refractivity contribution in [2.24, 2.45) is 35.5 Å². The molecule has 1 aliphatic carbocycles. The molecule has 0 amide bonds. The number of hydrogen-bond donors (Lipinski definition) is 1. The zero-order valence-corrected chi connectivity index (χ0v) is 27.0. The summed E-state index contributed by atoms with van der Waals surface area (Å²) in [4.78, 5) is 14.1. The standard InChI is InChI=1S/C35H52O7/c1-19-11-10-12-27-18-39-32-31(38-9)21(3)15-30(35(27,32)37)33(36)40-29-16-28(14-13-20(2)22(19)4)42-34(17-29)25(7)23(5)24(6)26(8)41-34/h10-13,15,19,22-26,28-32,37H,14,16-18H2,1-9H3/b11-10+,20-13+,27-12+/t19-,22?,23?,24-,25?,26+,28+,29-,30-,31+,32+,34+,35+/m0/s1. The van der Waals surface area contributed by atoms with Crippen molar-refractivity contribution < 1.29 is 33.6 Å². The molecule has 42 heavy (non-hydrogen) atoms. The Balaban J connectivity index is 1.57. The lowest BCUT2D eigenvalue weighted by atomic mass is 9.70. The normalized spacial score (nSPS) is 51.4. The molecule has 3 fully saturated rings.